The number of benzene rings is 1. The molecule has 2 aromatic rings. The minimum absolute atomic E-state index is 0.350. The highest BCUT2D eigenvalue weighted by molar-refractivity contribution is 9.10. The lowest BCUT2D eigenvalue weighted by atomic mass is 10.3. The zero-order valence-corrected chi connectivity index (χ0v) is 13.3. The zero-order valence-electron chi connectivity index (χ0n) is 11.7. The number of halogens is 1. The first-order valence-electron chi connectivity index (χ1n) is 6.48. The largest absolute Gasteiger partial charge is 0.481 e. The van der Waals surface area contributed by atoms with Gasteiger partial charge in [-0.15, -0.1) is 0 Å². The lowest BCUT2D eigenvalue weighted by Crippen LogP contribution is -2.47. The zero-order chi connectivity index (χ0) is 15.9. The van der Waals surface area contributed by atoms with Crippen molar-refractivity contribution in [3.05, 3.63) is 58.8 Å². The van der Waals surface area contributed by atoms with Gasteiger partial charge < -0.3 is 4.74 Å². The van der Waals surface area contributed by atoms with Crippen LogP contribution in [0.2, 0.25) is 0 Å². The second-order valence-corrected chi connectivity index (χ2v) is 5.32. The summed E-state index contributed by atoms with van der Waals surface area (Å²) in [4.78, 5) is 27.5. The summed E-state index contributed by atoms with van der Waals surface area (Å²) >= 11 is 3.32. The van der Waals surface area contributed by atoms with Crippen LogP contribution >= 0.6 is 15.9 Å². The minimum atomic E-state index is -0.761. The van der Waals surface area contributed by atoms with E-state index < -0.39 is 17.9 Å². The molecule has 0 aliphatic heterocycles. The molecule has 0 spiro atoms. The number of hydrogen-bond acceptors (Lipinski definition) is 4. The van der Waals surface area contributed by atoms with E-state index in [0.717, 1.165) is 4.47 Å². The molecule has 0 bridgehead atoms. The predicted octanol–water partition coefficient (Wildman–Crippen LogP) is 2.07. The Morgan fingerprint density at radius 2 is 2.05 bits per heavy atom. The van der Waals surface area contributed by atoms with Crippen molar-refractivity contribution in [1.29, 1.82) is 0 Å². The van der Waals surface area contributed by atoms with E-state index in [2.05, 4.69) is 31.8 Å². The van der Waals surface area contributed by atoms with Crippen molar-refractivity contribution in [3.8, 4) is 5.75 Å². The van der Waals surface area contributed by atoms with Crippen LogP contribution in [0.5, 0.6) is 5.75 Å². The van der Waals surface area contributed by atoms with Crippen molar-refractivity contribution in [1.82, 2.24) is 15.8 Å². The molecule has 2 N–H and O–H groups in total. The third-order valence-corrected chi connectivity index (χ3v) is 3.19. The fraction of sp³-hybridized carbons (Fsp3) is 0.133. The van der Waals surface area contributed by atoms with Crippen molar-refractivity contribution in [3.63, 3.8) is 0 Å². The molecule has 0 saturated carbocycles. The summed E-state index contributed by atoms with van der Waals surface area (Å²) in [7, 11) is 0. The topological polar surface area (TPSA) is 80.3 Å². The number of ether oxygens (including phenoxy) is 1. The standard InChI is InChI=1S/C15H14BrN3O3/c1-10(22-13-6-2-5-12(16)8-13)14(20)18-19-15(21)11-4-3-7-17-9-11/h2-10H,1H3,(H,18,20)(H,19,21). The predicted molar refractivity (Wildman–Crippen MR) is 84.1 cm³/mol. The maximum absolute atomic E-state index is 11.9. The van der Waals surface area contributed by atoms with Gasteiger partial charge in [0.1, 0.15) is 5.75 Å². The molecule has 0 radical (unpaired) electrons. The monoisotopic (exact) mass is 363 g/mol. The van der Waals surface area contributed by atoms with Crippen LogP contribution < -0.4 is 15.6 Å². The summed E-state index contributed by atoms with van der Waals surface area (Å²) < 4.78 is 6.34. The molecule has 1 aromatic carbocycles. The molecule has 1 aromatic heterocycles. The second-order valence-electron chi connectivity index (χ2n) is 4.40. The third kappa shape index (κ3) is 4.56. The summed E-state index contributed by atoms with van der Waals surface area (Å²) in [5.41, 5.74) is 4.97. The Kier molecular flexibility index (Phi) is 5.48. The summed E-state index contributed by atoms with van der Waals surface area (Å²) in [5, 5.41) is 0. The van der Waals surface area contributed by atoms with E-state index >= 15 is 0 Å². The number of amides is 2. The van der Waals surface area contributed by atoms with Crippen molar-refractivity contribution in [2.75, 3.05) is 0 Å². The van der Waals surface area contributed by atoms with Crippen LogP contribution in [0.4, 0.5) is 0 Å². The number of nitrogens with one attached hydrogen (secondary N) is 2. The van der Waals surface area contributed by atoms with Gasteiger partial charge in [0.15, 0.2) is 6.10 Å². The highest BCUT2D eigenvalue weighted by Gasteiger charge is 2.16. The molecule has 2 rings (SSSR count). The Balaban J connectivity index is 1.85. The maximum Gasteiger partial charge on any atom is 0.279 e. The SMILES string of the molecule is CC(Oc1cccc(Br)c1)C(=O)NNC(=O)c1cccnc1. The number of aromatic nitrogens is 1. The molecule has 0 aliphatic rings. The molecule has 1 atom stereocenters. The van der Waals surface area contributed by atoms with Crippen LogP contribution in [-0.2, 0) is 4.79 Å². The Hall–Kier alpha value is -2.41. The van der Waals surface area contributed by atoms with Gasteiger partial charge in [-0.1, -0.05) is 22.0 Å². The highest BCUT2D eigenvalue weighted by Crippen LogP contribution is 2.18. The fourth-order valence-electron chi connectivity index (χ4n) is 1.59. The molecule has 0 saturated heterocycles. The van der Waals surface area contributed by atoms with E-state index in [1.807, 2.05) is 6.07 Å². The van der Waals surface area contributed by atoms with E-state index in [4.69, 9.17) is 4.74 Å². The number of carbonyl (C=O) groups is 2. The van der Waals surface area contributed by atoms with Crippen LogP contribution in [0.3, 0.4) is 0 Å². The third-order valence-electron chi connectivity index (χ3n) is 2.70. The number of pyridine rings is 1. The van der Waals surface area contributed by atoms with Crippen molar-refractivity contribution in [2.24, 2.45) is 0 Å². The average Bonchev–Trinajstić information content (AvgIpc) is 2.53. The summed E-state index contributed by atoms with van der Waals surface area (Å²) in [6, 6.07) is 10.4. The highest BCUT2D eigenvalue weighted by atomic mass is 79.9. The van der Waals surface area contributed by atoms with Crippen LogP contribution in [0.1, 0.15) is 17.3 Å². The minimum Gasteiger partial charge on any atom is -0.481 e. The van der Waals surface area contributed by atoms with E-state index in [1.165, 1.54) is 6.20 Å². The molecule has 0 fully saturated rings. The van der Waals surface area contributed by atoms with Gasteiger partial charge in [0.25, 0.3) is 11.8 Å². The van der Waals surface area contributed by atoms with Crippen LogP contribution in [-0.4, -0.2) is 22.9 Å². The molecular weight excluding hydrogens is 350 g/mol. The molecule has 1 heterocycles. The molecule has 1 unspecified atom stereocenters. The maximum atomic E-state index is 11.9. The van der Waals surface area contributed by atoms with E-state index in [9.17, 15) is 9.59 Å². The van der Waals surface area contributed by atoms with Gasteiger partial charge in [0.05, 0.1) is 5.56 Å². The van der Waals surface area contributed by atoms with Crippen LogP contribution in [0.25, 0.3) is 0 Å². The van der Waals surface area contributed by atoms with Gasteiger partial charge in [0.2, 0.25) is 0 Å². The van der Waals surface area contributed by atoms with Gasteiger partial charge in [-0.25, -0.2) is 0 Å². The van der Waals surface area contributed by atoms with Crippen LogP contribution in [0.15, 0.2) is 53.3 Å². The number of hydrogen-bond donors (Lipinski definition) is 2. The Morgan fingerprint density at radius 1 is 1.23 bits per heavy atom. The van der Waals surface area contributed by atoms with Gasteiger partial charge in [-0.2, -0.15) is 0 Å². The lowest BCUT2D eigenvalue weighted by molar-refractivity contribution is -0.128. The van der Waals surface area contributed by atoms with Crippen molar-refractivity contribution < 1.29 is 14.3 Å². The first-order chi connectivity index (χ1) is 10.6. The van der Waals surface area contributed by atoms with Gasteiger partial charge in [0, 0.05) is 16.9 Å². The van der Waals surface area contributed by atoms with Crippen molar-refractivity contribution in [2.45, 2.75) is 13.0 Å². The number of rotatable bonds is 4. The summed E-state index contributed by atoms with van der Waals surface area (Å²) in [5.74, 6) is -0.357. The van der Waals surface area contributed by atoms with Gasteiger partial charge >= 0.3 is 0 Å². The quantitative estimate of drug-likeness (QED) is 0.814. The summed E-state index contributed by atoms with van der Waals surface area (Å²) in [6.45, 7) is 1.59. The van der Waals surface area contributed by atoms with Gasteiger partial charge in [-0.05, 0) is 37.3 Å². The molecule has 0 aliphatic carbocycles. The molecule has 6 nitrogen and oxygen atoms in total. The molecule has 114 valence electrons. The Morgan fingerprint density at radius 3 is 2.73 bits per heavy atom. The van der Waals surface area contributed by atoms with Crippen LogP contribution in [0, 0.1) is 0 Å². The Bertz CT molecular complexity index is 664. The second kappa shape index (κ2) is 7.56. The number of nitrogens with zero attached hydrogens (tertiary/aromatic N) is 1. The van der Waals surface area contributed by atoms with Gasteiger partial charge in [-0.3, -0.25) is 25.4 Å². The average molecular weight is 364 g/mol. The van der Waals surface area contributed by atoms with E-state index in [1.54, 1.807) is 43.5 Å². The molecule has 2 amide bonds. The Labute approximate surface area is 136 Å². The smallest absolute Gasteiger partial charge is 0.279 e. The number of hydrazine groups is 1. The number of carbonyl (C=O) groups excluding carboxylic acids is 2. The first kappa shape index (κ1) is 16.0. The summed E-state index contributed by atoms with van der Waals surface area (Å²) in [6.07, 6.45) is 2.20. The molecule has 22 heavy (non-hydrogen) atoms. The molecular formula is C15H14BrN3O3. The molecule has 7 heteroatoms. The normalized spacial score (nSPS) is 11.4. The fourth-order valence-corrected chi connectivity index (χ4v) is 1.97. The van der Waals surface area contributed by atoms with E-state index in [0.29, 0.717) is 11.3 Å². The lowest BCUT2D eigenvalue weighted by Gasteiger charge is -2.15. The first-order valence-corrected chi connectivity index (χ1v) is 7.28. The van der Waals surface area contributed by atoms with Crippen molar-refractivity contribution >= 4 is 27.7 Å². The van der Waals surface area contributed by atoms with E-state index in [-0.39, 0.29) is 0 Å².